The van der Waals surface area contributed by atoms with E-state index in [1.807, 2.05) is 6.20 Å². The summed E-state index contributed by atoms with van der Waals surface area (Å²) in [5.41, 5.74) is 2.17. The minimum Gasteiger partial charge on any atom is -0.361 e. The number of rotatable bonds is 0. The summed E-state index contributed by atoms with van der Waals surface area (Å²) in [5.74, 6) is 6.74. The fourth-order valence-corrected chi connectivity index (χ4v) is 1.85. The Kier molecular flexibility index (Phi) is 2.83. The van der Waals surface area contributed by atoms with Crippen LogP contribution in [-0.4, -0.2) is 4.98 Å². The van der Waals surface area contributed by atoms with Crippen LogP contribution >= 0.6 is 15.9 Å². The number of aromatic nitrogens is 1. The first kappa shape index (κ1) is 10.3. The Morgan fingerprint density at radius 1 is 1.33 bits per heavy atom. The van der Waals surface area contributed by atoms with Crippen molar-refractivity contribution in [1.82, 2.24) is 4.98 Å². The lowest BCUT2D eigenvalue weighted by atomic mass is 10.1. The maximum Gasteiger partial charge on any atom is 0.0467 e. The number of hydrogen-bond donors (Lipinski definition) is 1. The van der Waals surface area contributed by atoms with Crippen molar-refractivity contribution < 1.29 is 0 Å². The number of halogens is 1. The standard InChI is InChI=1S/C13H12BrN/c1-9(2)3-4-10-8-13-11(5-6-15-13)7-12(10)14/h5-9,15H,1-2H3. The summed E-state index contributed by atoms with van der Waals surface area (Å²) in [4.78, 5) is 3.19. The van der Waals surface area contributed by atoms with E-state index in [4.69, 9.17) is 0 Å². The van der Waals surface area contributed by atoms with Crippen LogP contribution in [0.25, 0.3) is 10.9 Å². The van der Waals surface area contributed by atoms with Gasteiger partial charge < -0.3 is 4.98 Å². The van der Waals surface area contributed by atoms with Gasteiger partial charge in [-0.25, -0.2) is 0 Å². The molecule has 76 valence electrons. The first-order chi connectivity index (χ1) is 7.16. The van der Waals surface area contributed by atoms with Gasteiger partial charge in [-0.3, -0.25) is 0 Å². The van der Waals surface area contributed by atoms with Crippen LogP contribution < -0.4 is 0 Å². The summed E-state index contributed by atoms with van der Waals surface area (Å²) in [6.45, 7) is 4.18. The van der Waals surface area contributed by atoms with E-state index < -0.39 is 0 Å². The van der Waals surface area contributed by atoms with Crippen molar-refractivity contribution in [3.63, 3.8) is 0 Å². The van der Waals surface area contributed by atoms with E-state index in [0.29, 0.717) is 5.92 Å². The molecule has 0 aliphatic heterocycles. The zero-order chi connectivity index (χ0) is 10.8. The Bertz CT molecular complexity index is 540. The number of nitrogens with one attached hydrogen (secondary N) is 1. The van der Waals surface area contributed by atoms with Gasteiger partial charge in [-0.05, 0) is 34.1 Å². The Morgan fingerprint density at radius 3 is 2.87 bits per heavy atom. The molecule has 2 rings (SSSR count). The topological polar surface area (TPSA) is 15.8 Å². The molecule has 0 unspecified atom stereocenters. The summed E-state index contributed by atoms with van der Waals surface area (Å²) in [6.07, 6.45) is 1.94. The van der Waals surface area contributed by atoms with Crippen molar-refractivity contribution in [2.24, 2.45) is 5.92 Å². The first-order valence-corrected chi connectivity index (χ1v) is 5.74. The van der Waals surface area contributed by atoms with Crippen molar-refractivity contribution in [3.05, 3.63) is 34.4 Å². The quantitative estimate of drug-likeness (QED) is 0.692. The smallest absolute Gasteiger partial charge is 0.0467 e. The molecule has 0 saturated heterocycles. The van der Waals surface area contributed by atoms with E-state index in [2.05, 4.69) is 64.8 Å². The van der Waals surface area contributed by atoms with Gasteiger partial charge in [0.1, 0.15) is 0 Å². The lowest BCUT2D eigenvalue weighted by molar-refractivity contribution is 0.866. The Morgan fingerprint density at radius 2 is 2.13 bits per heavy atom. The minimum atomic E-state index is 0.399. The zero-order valence-electron chi connectivity index (χ0n) is 8.76. The highest BCUT2D eigenvalue weighted by atomic mass is 79.9. The number of fused-ring (bicyclic) bond motifs is 1. The monoisotopic (exact) mass is 261 g/mol. The van der Waals surface area contributed by atoms with Gasteiger partial charge in [-0.15, -0.1) is 0 Å². The third-order valence-corrected chi connectivity index (χ3v) is 2.79. The second-order valence-corrected chi connectivity index (χ2v) is 4.68. The largest absolute Gasteiger partial charge is 0.361 e. The van der Waals surface area contributed by atoms with Gasteiger partial charge in [0.05, 0.1) is 0 Å². The second-order valence-electron chi connectivity index (χ2n) is 3.82. The van der Waals surface area contributed by atoms with Gasteiger partial charge >= 0.3 is 0 Å². The molecule has 1 aromatic carbocycles. The van der Waals surface area contributed by atoms with Gasteiger partial charge in [0, 0.05) is 33.1 Å². The maximum absolute atomic E-state index is 3.54. The molecule has 2 heteroatoms. The molecule has 1 heterocycles. The lowest BCUT2D eigenvalue weighted by Crippen LogP contribution is -1.82. The number of H-pyrrole nitrogens is 1. The van der Waals surface area contributed by atoms with Gasteiger partial charge in [-0.2, -0.15) is 0 Å². The van der Waals surface area contributed by atoms with Gasteiger partial charge in [0.15, 0.2) is 0 Å². The van der Waals surface area contributed by atoms with Gasteiger partial charge in [0.25, 0.3) is 0 Å². The van der Waals surface area contributed by atoms with Crippen LogP contribution in [0.1, 0.15) is 19.4 Å². The minimum absolute atomic E-state index is 0.399. The molecule has 15 heavy (non-hydrogen) atoms. The van der Waals surface area contributed by atoms with E-state index in [0.717, 1.165) is 15.6 Å². The van der Waals surface area contributed by atoms with E-state index in [1.165, 1.54) is 5.39 Å². The summed E-state index contributed by atoms with van der Waals surface area (Å²) in [6, 6.07) is 6.23. The predicted molar refractivity (Wildman–Crippen MR) is 67.7 cm³/mol. The number of benzene rings is 1. The summed E-state index contributed by atoms with van der Waals surface area (Å²) >= 11 is 3.54. The fraction of sp³-hybridized carbons (Fsp3) is 0.231. The fourth-order valence-electron chi connectivity index (χ4n) is 1.39. The lowest BCUT2D eigenvalue weighted by Gasteiger charge is -1.97. The highest BCUT2D eigenvalue weighted by molar-refractivity contribution is 9.10. The second kappa shape index (κ2) is 4.12. The van der Waals surface area contributed by atoms with E-state index in [1.54, 1.807) is 0 Å². The van der Waals surface area contributed by atoms with Crippen LogP contribution in [0, 0.1) is 17.8 Å². The number of aromatic amines is 1. The molecule has 2 aromatic rings. The first-order valence-electron chi connectivity index (χ1n) is 4.95. The van der Waals surface area contributed by atoms with Crippen LogP contribution in [0.3, 0.4) is 0 Å². The van der Waals surface area contributed by atoms with Crippen LogP contribution in [0.5, 0.6) is 0 Å². The van der Waals surface area contributed by atoms with Crippen molar-refractivity contribution >= 4 is 26.8 Å². The average molecular weight is 262 g/mol. The third-order valence-electron chi connectivity index (χ3n) is 2.14. The van der Waals surface area contributed by atoms with E-state index in [-0.39, 0.29) is 0 Å². The molecule has 0 spiro atoms. The zero-order valence-corrected chi connectivity index (χ0v) is 10.4. The highest BCUT2D eigenvalue weighted by Gasteiger charge is 2.00. The average Bonchev–Trinajstić information content (AvgIpc) is 2.60. The van der Waals surface area contributed by atoms with Crippen molar-refractivity contribution in [1.29, 1.82) is 0 Å². The van der Waals surface area contributed by atoms with Crippen LogP contribution in [0.4, 0.5) is 0 Å². The molecule has 0 fully saturated rings. The molecular weight excluding hydrogens is 250 g/mol. The molecule has 0 aliphatic rings. The summed E-state index contributed by atoms with van der Waals surface area (Å²) in [5, 5.41) is 1.21. The number of hydrogen-bond acceptors (Lipinski definition) is 0. The Labute approximate surface area is 98.0 Å². The molecule has 0 bridgehead atoms. The Balaban J connectivity index is 2.52. The summed E-state index contributed by atoms with van der Waals surface area (Å²) < 4.78 is 1.06. The predicted octanol–water partition coefficient (Wildman–Crippen LogP) is 3.94. The normalized spacial score (nSPS) is 10.4. The van der Waals surface area contributed by atoms with Crippen LogP contribution in [-0.2, 0) is 0 Å². The molecule has 1 nitrogen and oxygen atoms in total. The molecule has 0 radical (unpaired) electrons. The van der Waals surface area contributed by atoms with Crippen molar-refractivity contribution in [2.75, 3.05) is 0 Å². The molecule has 0 saturated carbocycles. The molecule has 1 aromatic heterocycles. The summed E-state index contributed by atoms with van der Waals surface area (Å²) in [7, 11) is 0. The SMILES string of the molecule is CC(C)C#Cc1cc2[nH]ccc2cc1Br. The van der Waals surface area contributed by atoms with E-state index in [9.17, 15) is 0 Å². The highest BCUT2D eigenvalue weighted by Crippen LogP contribution is 2.23. The molecular formula is C13H12BrN. The third kappa shape index (κ3) is 2.24. The van der Waals surface area contributed by atoms with Crippen LogP contribution in [0.15, 0.2) is 28.9 Å². The van der Waals surface area contributed by atoms with E-state index >= 15 is 0 Å². The van der Waals surface area contributed by atoms with Gasteiger partial charge in [-0.1, -0.05) is 25.7 Å². The van der Waals surface area contributed by atoms with Crippen molar-refractivity contribution in [2.45, 2.75) is 13.8 Å². The van der Waals surface area contributed by atoms with Crippen LogP contribution in [0.2, 0.25) is 0 Å². The van der Waals surface area contributed by atoms with Gasteiger partial charge in [0.2, 0.25) is 0 Å². The molecule has 1 N–H and O–H groups in total. The molecule has 0 aliphatic carbocycles. The van der Waals surface area contributed by atoms with Crippen molar-refractivity contribution in [3.8, 4) is 11.8 Å². The molecule has 0 atom stereocenters. The Hall–Kier alpha value is -1.20. The molecule has 0 amide bonds. The maximum atomic E-state index is 3.54.